The van der Waals surface area contributed by atoms with Crippen molar-refractivity contribution in [2.45, 2.75) is 53.5 Å². The summed E-state index contributed by atoms with van der Waals surface area (Å²) in [4.78, 5) is 25.2. The molecule has 0 saturated carbocycles. The first-order valence-electron chi connectivity index (χ1n) is 7.45. The number of nitrogens with one attached hydrogen (secondary N) is 1. The molecule has 1 aliphatic rings. The zero-order valence-electron chi connectivity index (χ0n) is 13.3. The number of aliphatic carboxylic acids is 1. The number of carboxylic acid groups (broad SMARTS) is 1. The van der Waals surface area contributed by atoms with E-state index < -0.39 is 12.0 Å². The summed E-state index contributed by atoms with van der Waals surface area (Å²) in [5.41, 5.74) is 0.179. The molecule has 20 heavy (non-hydrogen) atoms. The van der Waals surface area contributed by atoms with Crippen molar-refractivity contribution in [3.8, 4) is 0 Å². The van der Waals surface area contributed by atoms with Crippen molar-refractivity contribution in [2.24, 2.45) is 17.3 Å². The second-order valence-electron chi connectivity index (χ2n) is 6.95. The molecule has 0 aliphatic carbocycles. The average Bonchev–Trinajstić information content (AvgIpc) is 2.83. The van der Waals surface area contributed by atoms with E-state index in [0.29, 0.717) is 19.0 Å². The highest BCUT2D eigenvalue weighted by molar-refractivity contribution is 5.82. The Balaban J connectivity index is 2.61. The summed E-state index contributed by atoms with van der Waals surface area (Å²) in [5, 5.41) is 11.9. The molecule has 116 valence electrons. The van der Waals surface area contributed by atoms with Gasteiger partial charge in [-0.25, -0.2) is 9.59 Å². The van der Waals surface area contributed by atoms with Gasteiger partial charge < -0.3 is 15.3 Å². The summed E-state index contributed by atoms with van der Waals surface area (Å²) >= 11 is 0. The van der Waals surface area contributed by atoms with Gasteiger partial charge in [-0.3, -0.25) is 0 Å². The first-order chi connectivity index (χ1) is 9.16. The maximum atomic E-state index is 12.2. The molecule has 2 amide bonds. The monoisotopic (exact) mass is 284 g/mol. The lowest BCUT2D eigenvalue weighted by molar-refractivity contribution is -0.140. The van der Waals surface area contributed by atoms with Crippen LogP contribution in [0, 0.1) is 17.3 Å². The quantitative estimate of drug-likeness (QED) is 0.833. The fourth-order valence-electron chi connectivity index (χ4n) is 2.56. The number of amides is 2. The summed E-state index contributed by atoms with van der Waals surface area (Å²) in [6.45, 7) is 11.7. The molecule has 3 atom stereocenters. The van der Waals surface area contributed by atoms with E-state index in [4.69, 9.17) is 0 Å². The third-order valence-corrected chi connectivity index (χ3v) is 4.46. The van der Waals surface area contributed by atoms with E-state index in [1.165, 1.54) is 0 Å². The number of likely N-dealkylation sites (tertiary alicyclic amines) is 1. The summed E-state index contributed by atoms with van der Waals surface area (Å²) in [6.07, 6.45) is 1.71. The Hall–Kier alpha value is -1.26. The zero-order chi connectivity index (χ0) is 15.5. The van der Waals surface area contributed by atoms with Gasteiger partial charge in [0.2, 0.25) is 0 Å². The van der Waals surface area contributed by atoms with Gasteiger partial charge in [0.25, 0.3) is 0 Å². The third kappa shape index (κ3) is 4.12. The Kier molecular flexibility index (Phi) is 5.42. The molecule has 0 radical (unpaired) electrons. The molecule has 1 heterocycles. The number of hydrogen-bond acceptors (Lipinski definition) is 2. The molecule has 1 saturated heterocycles. The lowest BCUT2D eigenvalue weighted by atomic mass is 9.80. The van der Waals surface area contributed by atoms with Crippen LogP contribution in [0.25, 0.3) is 0 Å². The van der Waals surface area contributed by atoms with Crippen molar-refractivity contribution in [3.05, 3.63) is 0 Å². The number of urea groups is 1. The second-order valence-corrected chi connectivity index (χ2v) is 6.95. The SMILES string of the molecule is CCC(C)[C@H](NC(=O)N1CCC(C(C)(C)C)C1)C(=O)O. The number of carbonyl (C=O) groups is 2. The first-order valence-corrected chi connectivity index (χ1v) is 7.45. The lowest BCUT2D eigenvalue weighted by Gasteiger charge is -2.28. The highest BCUT2D eigenvalue weighted by Gasteiger charge is 2.35. The van der Waals surface area contributed by atoms with E-state index in [-0.39, 0.29) is 17.4 Å². The van der Waals surface area contributed by atoms with Crippen LogP contribution in [0.2, 0.25) is 0 Å². The van der Waals surface area contributed by atoms with Crippen LogP contribution in [0.1, 0.15) is 47.5 Å². The van der Waals surface area contributed by atoms with E-state index in [1.54, 1.807) is 4.90 Å². The van der Waals surface area contributed by atoms with Gasteiger partial charge in [-0.1, -0.05) is 41.0 Å². The number of hydrogen-bond donors (Lipinski definition) is 2. The van der Waals surface area contributed by atoms with Crippen LogP contribution in [-0.2, 0) is 4.79 Å². The lowest BCUT2D eigenvalue weighted by Crippen LogP contribution is -2.50. The van der Waals surface area contributed by atoms with Crippen molar-refractivity contribution in [1.82, 2.24) is 10.2 Å². The fourth-order valence-corrected chi connectivity index (χ4v) is 2.56. The molecule has 0 aromatic heterocycles. The summed E-state index contributed by atoms with van der Waals surface area (Å²) in [6, 6.07) is -1.05. The number of carbonyl (C=O) groups excluding carboxylic acids is 1. The number of carboxylic acids is 1. The van der Waals surface area contributed by atoms with Gasteiger partial charge in [-0.15, -0.1) is 0 Å². The molecule has 2 unspecified atom stereocenters. The largest absolute Gasteiger partial charge is 0.480 e. The van der Waals surface area contributed by atoms with Gasteiger partial charge in [0.15, 0.2) is 0 Å². The van der Waals surface area contributed by atoms with Crippen LogP contribution in [0.3, 0.4) is 0 Å². The summed E-state index contributed by atoms with van der Waals surface area (Å²) < 4.78 is 0. The Bertz CT molecular complexity index is 363. The minimum absolute atomic E-state index is 0.0718. The van der Waals surface area contributed by atoms with Crippen LogP contribution >= 0.6 is 0 Å². The predicted octanol–water partition coefficient (Wildman–Crippen LogP) is 2.56. The van der Waals surface area contributed by atoms with Crippen molar-refractivity contribution in [2.75, 3.05) is 13.1 Å². The van der Waals surface area contributed by atoms with Gasteiger partial charge in [-0.05, 0) is 23.7 Å². The summed E-state index contributed by atoms with van der Waals surface area (Å²) in [7, 11) is 0. The molecule has 1 fully saturated rings. The van der Waals surface area contributed by atoms with Crippen LogP contribution < -0.4 is 5.32 Å². The van der Waals surface area contributed by atoms with Gasteiger partial charge in [0.1, 0.15) is 6.04 Å². The van der Waals surface area contributed by atoms with Crippen LogP contribution in [0.5, 0.6) is 0 Å². The minimum atomic E-state index is -0.959. The molecule has 1 aliphatic heterocycles. The van der Waals surface area contributed by atoms with Crippen LogP contribution in [-0.4, -0.2) is 41.1 Å². The number of rotatable bonds is 4. The molecule has 1 rings (SSSR count). The Morgan fingerprint density at radius 1 is 1.40 bits per heavy atom. The van der Waals surface area contributed by atoms with Crippen LogP contribution in [0.15, 0.2) is 0 Å². The Morgan fingerprint density at radius 2 is 2.00 bits per heavy atom. The maximum Gasteiger partial charge on any atom is 0.326 e. The highest BCUT2D eigenvalue weighted by atomic mass is 16.4. The maximum absolute atomic E-state index is 12.2. The third-order valence-electron chi connectivity index (χ3n) is 4.46. The zero-order valence-corrected chi connectivity index (χ0v) is 13.3. The molecule has 0 aromatic rings. The van der Waals surface area contributed by atoms with E-state index in [1.807, 2.05) is 13.8 Å². The summed E-state index contributed by atoms with van der Waals surface area (Å²) in [5.74, 6) is -0.558. The van der Waals surface area contributed by atoms with Gasteiger partial charge in [0, 0.05) is 13.1 Å². The molecule has 0 aromatic carbocycles. The minimum Gasteiger partial charge on any atom is -0.480 e. The molecule has 5 nitrogen and oxygen atoms in total. The van der Waals surface area contributed by atoms with Crippen molar-refractivity contribution in [1.29, 1.82) is 0 Å². The van der Waals surface area contributed by atoms with Crippen molar-refractivity contribution in [3.63, 3.8) is 0 Å². The first kappa shape index (κ1) is 16.8. The van der Waals surface area contributed by atoms with E-state index in [9.17, 15) is 14.7 Å². The molecular formula is C15H28N2O3. The molecule has 5 heteroatoms. The second kappa shape index (κ2) is 6.46. The highest BCUT2D eigenvalue weighted by Crippen LogP contribution is 2.33. The van der Waals surface area contributed by atoms with Gasteiger partial charge in [-0.2, -0.15) is 0 Å². The van der Waals surface area contributed by atoms with E-state index in [2.05, 4.69) is 26.1 Å². The van der Waals surface area contributed by atoms with E-state index in [0.717, 1.165) is 12.8 Å². The molecule has 2 N–H and O–H groups in total. The Morgan fingerprint density at radius 3 is 2.40 bits per heavy atom. The molecule has 0 bridgehead atoms. The number of nitrogens with zero attached hydrogens (tertiary/aromatic N) is 1. The van der Waals surface area contributed by atoms with Gasteiger partial charge >= 0.3 is 12.0 Å². The predicted molar refractivity (Wildman–Crippen MR) is 78.5 cm³/mol. The fraction of sp³-hybridized carbons (Fsp3) is 0.867. The van der Waals surface area contributed by atoms with Gasteiger partial charge in [0.05, 0.1) is 0 Å². The standard InChI is InChI=1S/C15H28N2O3/c1-6-10(2)12(13(18)19)16-14(20)17-8-7-11(9-17)15(3,4)5/h10-12H,6-9H2,1-5H3,(H,16,20)(H,18,19)/t10?,11?,12-/m0/s1. The normalized spacial score (nSPS) is 22.4. The van der Waals surface area contributed by atoms with E-state index >= 15 is 0 Å². The van der Waals surface area contributed by atoms with Crippen molar-refractivity contribution < 1.29 is 14.7 Å². The Labute approximate surface area is 121 Å². The van der Waals surface area contributed by atoms with Crippen LogP contribution in [0.4, 0.5) is 4.79 Å². The average molecular weight is 284 g/mol. The molecule has 0 spiro atoms. The topological polar surface area (TPSA) is 69.6 Å². The molecular weight excluding hydrogens is 256 g/mol. The smallest absolute Gasteiger partial charge is 0.326 e. The van der Waals surface area contributed by atoms with Crippen molar-refractivity contribution >= 4 is 12.0 Å².